The number of benzene rings is 1. The van der Waals surface area contributed by atoms with Gasteiger partial charge in [-0.15, -0.1) is 0 Å². The van der Waals surface area contributed by atoms with Crippen LogP contribution in [0, 0.1) is 0 Å². The Morgan fingerprint density at radius 1 is 1.21 bits per heavy atom. The van der Waals surface area contributed by atoms with E-state index in [-0.39, 0.29) is 23.8 Å². The standard InChI is InChI=1S/C10H8F3N3O3/c11-10(12,13)5-2-1-4(7(17)8(5)18)9-15-6(3-14)19-16-9/h1-2,17-18H,3,14H2. The van der Waals surface area contributed by atoms with Crippen LogP contribution in [0.3, 0.4) is 0 Å². The van der Waals surface area contributed by atoms with E-state index in [9.17, 15) is 23.4 Å². The molecule has 2 aromatic rings. The molecule has 0 atom stereocenters. The van der Waals surface area contributed by atoms with Crippen LogP contribution in [0.4, 0.5) is 13.2 Å². The normalized spacial score (nSPS) is 11.8. The molecule has 6 nitrogen and oxygen atoms in total. The van der Waals surface area contributed by atoms with Gasteiger partial charge in [-0.3, -0.25) is 0 Å². The highest BCUT2D eigenvalue weighted by Crippen LogP contribution is 2.44. The topological polar surface area (TPSA) is 105 Å². The monoisotopic (exact) mass is 275 g/mol. The first-order valence-corrected chi connectivity index (χ1v) is 4.99. The fourth-order valence-electron chi connectivity index (χ4n) is 1.44. The molecule has 2 rings (SSSR count). The van der Waals surface area contributed by atoms with E-state index in [1.807, 2.05) is 0 Å². The highest BCUT2D eigenvalue weighted by atomic mass is 19.4. The third-order valence-corrected chi connectivity index (χ3v) is 2.34. The van der Waals surface area contributed by atoms with Gasteiger partial charge in [0.25, 0.3) is 0 Å². The Hall–Kier alpha value is -2.29. The van der Waals surface area contributed by atoms with Gasteiger partial charge < -0.3 is 20.5 Å². The first-order valence-electron chi connectivity index (χ1n) is 4.99. The Balaban J connectivity index is 2.52. The zero-order valence-corrected chi connectivity index (χ0v) is 9.27. The van der Waals surface area contributed by atoms with Crippen molar-refractivity contribution in [2.24, 2.45) is 5.73 Å². The van der Waals surface area contributed by atoms with E-state index in [4.69, 9.17) is 5.73 Å². The largest absolute Gasteiger partial charge is 0.504 e. The Morgan fingerprint density at radius 3 is 2.42 bits per heavy atom. The van der Waals surface area contributed by atoms with E-state index in [0.717, 1.165) is 6.07 Å². The van der Waals surface area contributed by atoms with Crippen molar-refractivity contribution in [2.75, 3.05) is 0 Å². The van der Waals surface area contributed by atoms with Crippen LogP contribution < -0.4 is 5.73 Å². The fraction of sp³-hybridized carbons (Fsp3) is 0.200. The van der Waals surface area contributed by atoms with Gasteiger partial charge in [0.15, 0.2) is 11.5 Å². The van der Waals surface area contributed by atoms with Gasteiger partial charge in [0.05, 0.1) is 12.1 Å². The zero-order valence-electron chi connectivity index (χ0n) is 9.27. The van der Waals surface area contributed by atoms with Gasteiger partial charge in [-0.2, -0.15) is 18.2 Å². The van der Waals surface area contributed by atoms with Crippen LogP contribution in [-0.2, 0) is 12.7 Å². The van der Waals surface area contributed by atoms with Gasteiger partial charge in [0.2, 0.25) is 11.7 Å². The minimum absolute atomic E-state index is 0.0498. The molecule has 0 bridgehead atoms. The summed E-state index contributed by atoms with van der Waals surface area (Å²) in [5.74, 6) is -2.38. The van der Waals surface area contributed by atoms with Crippen molar-refractivity contribution in [1.29, 1.82) is 0 Å². The van der Waals surface area contributed by atoms with Crippen molar-refractivity contribution < 1.29 is 27.9 Å². The minimum Gasteiger partial charge on any atom is -0.504 e. The first kappa shape index (κ1) is 13.1. The molecular weight excluding hydrogens is 267 g/mol. The van der Waals surface area contributed by atoms with Crippen molar-refractivity contribution in [2.45, 2.75) is 12.7 Å². The van der Waals surface area contributed by atoms with Gasteiger partial charge in [-0.05, 0) is 12.1 Å². The molecule has 0 fully saturated rings. The van der Waals surface area contributed by atoms with E-state index >= 15 is 0 Å². The first-order chi connectivity index (χ1) is 8.84. The van der Waals surface area contributed by atoms with Crippen LogP contribution in [0.5, 0.6) is 11.5 Å². The lowest BCUT2D eigenvalue weighted by molar-refractivity contribution is -0.138. The van der Waals surface area contributed by atoms with Crippen molar-refractivity contribution in [3.05, 3.63) is 23.6 Å². The predicted molar refractivity (Wildman–Crippen MR) is 56.0 cm³/mol. The van der Waals surface area contributed by atoms with E-state index in [1.165, 1.54) is 0 Å². The van der Waals surface area contributed by atoms with Crippen molar-refractivity contribution in [3.63, 3.8) is 0 Å². The SMILES string of the molecule is NCc1nc(-c2ccc(C(F)(F)F)c(O)c2O)no1. The number of phenolic OH excluding ortho intramolecular Hbond substituents is 2. The molecule has 1 aromatic heterocycles. The maximum atomic E-state index is 12.5. The summed E-state index contributed by atoms with van der Waals surface area (Å²) in [7, 11) is 0. The van der Waals surface area contributed by atoms with Crippen LogP contribution in [0.2, 0.25) is 0 Å². The molecule has 1 heterocycles. The van der Waals surface area contributed by atoms with Crippen LogP contribution in [0.25, 0.3) is 11.4 Å². The molecule has 0 unspecified atom stereocenters. The fourth-order valence-corrected chi connectivity index (χ4v) is 1.44. The van der Waals surface area contributed by atoms with Crippen LogP contribution in [0.1, 0.15) is 11.5 Å². The molecule has 1 aromatic carbocycles. The molecule has 0 aliphatic carbocycles. The summed E-state index contributed by atoms with van der Waals surface area (Å²) in [4.78, 5) is 3.74. The number of hydrogen-bond acceptors (Lipinski definition) is 6. The van der Waals surface area contributed by atoms with Gasteiger partial charge in [0.1, 0.15) is 5.56 Å². The third kappa shape index (κ3) is 2.32. The Morgan fingerprint density at radius 2 is 1.89 bits per heavy atom. The van der Waals surface area contributed by atoms with Crippen molar-refractivity contribution in [3.8, 4) is 22.9 Å². The van der Waals surface area contributed by atoms with E-state index in [0.29, 0.717) is 6.07 Å². The second kappa shape index (κ2) is 4.43. The summed E-state index contributed by atoms with van der Waals surface area (Å²) in [5, 5.41) is 22.4. The Kier molecular flexibility index (Phi) is 3.06. The summed E-state index contributed by atoms with van der Waals surface area (Å²) in [6.07, 6.45) is -4.78. The Labute approximate surface area is 104 Å². The zero-order chi connectivity index (χ0) is 14.2. The lowest BCUT2D eigenvalue weighted by Crippen LogP contribution is -2.05. The molecular formula is C10H8F3N3O3. The van der Waals surface area contributed by atoms with E-state index < -0.39 is 23.2 Å². The quantitative estimate of drug-likeness (QED) is 0.719. The summed E-state index contributed by atoms with van der Waals surface area (Å²) < 4.78 is 42.1. The molecule has 0 aliphatic heterocycles. The molecule has 0 amide bonds. The summed E-state index contributed by atoms with van der Waals surface area (Å²) in [5.41, 5.74) is 3.70. The molecule has 19 heavy (non-hydrogen) atoms. The van der Waals surface area contributed by atoms with Crippen LogP contribution in [0.15, 0.2) is 16.7 Å². The third-order valence-electron chi connectivity index (χ3n) is 2.34. The summed E-state index contributed by atoms with van der Waals surface area (Å²) >= 11 is 0. The van der Waals surface area contributed by atoms with Crippen LogP contribution >= 0.6 is 0 Å². The Bertz CT molecular complexity index is 610. The van der Waals surface area contributed by atoms with Crippen molar-refractivity contribution in [1.82, 2.24) is 10.1 Å². The lowest BCUT2D eigenvalue weighted by atomic mass is 10.1. The smallest absolute Gasteiger partial charge is 0.420 e. The van der Waals surface area contributed by atoms with Crippen molar-refractivity contribution >= 4 is 0 Å². The number of alkyl halides is 3. The molecule has 0 saturated carbocycles. The molecule has 102 valence electrons. The average Bonchev–Trinajstić information content (AvgIpc) is 2.79. The number of aromatic hydroxyl groups is 2. The highest BCUT2D eigenvalue weighted by Gasteiger charge is 2.36. The maximum absolute atomic E-state index is 12.5. The molecule has 0 aliphatic rings. The minimum atomic E-state index is -4.78. The average molecular weight is 275 g/mol. The number of phenols is 2. The predicted octanol–water partition coefficient (Wildman–Crippen LogP) is 1.63. The number of halogens is 3. The lowest BCUT2D eigenvalue weighted by Gasteiger charge is -2.11. The van der Waals surface area contributed by atoms with Gasteiger partial charge in [-0.1, -0.05) is 5.16 Å². The molecule has 9 heteroatoms. The number of aromatic nitrogens is 2. The molecule has 0 saturated heterocycles. The number of nitrogens with zero attached hydrogens (tertiary/aromatic N) is 2. The van der Waals surface area contributed by atoms with Gasteiger partial charge in [0, 0.05) is 0 Å². The number of rotatable bonds is 2. The van der Waals surface area contributed by atoms with E-state index in [1.54, 1.807) is 0 Å². The number of nitrogens with two attached hydrogens (primary N) is 1. The van der Waals surface area contributed by atoms with Gasteiger partial charge in [-0.25, -0.2) is 0 Å². The molecule has 0 spiro atoms. The van der Waals surface area contributed by atoms with E-state index in [2.05, 4.69) is 14.7 Å². The number of hydrogen-bond donors (Lipinski definition) is 3. The molecule has 0 radical (unpaired) electrons. The van der Waals surface area contributed by atoms with Gasteiger partial charge >= 0.3 is 6.18 Å². The molecule has 4 N–H and O–H groups in total. The highest BCUT2D eigenvalue weighted by molar-refractivity contribution is 5.69. The van der Waals surface area contributed by atoms with Crippen LogP contribution in [-0.4, -0.2) is 20.4 Å². The summed E-state index contributed by atoms with van der Waals surface area (Å²) in [6.45, 7) is -0.0552. The second-order valence-corrected chi connectivity index (χ2v) is 3.57. The summed E-state index contributed by atoms with van der Waals surface area (Å²) in [6, 6.07) is 1.55. The maximum Gasteiger partial charge on any atom is 0.420 e. The second-order valence-electron chi connectivity index (χ2n) is 3.57.